The molecule has 0 heterocycles. The predicted molar refractivity (Wildman–Crippen MR) is 66.3 cm³/mol. The third-order valence-electron chi connectivity index (χ3n) is 2.00. The summed E-state index contributed by atoms with van der Waals surface area (Å²) < 4.78 is 39.0. The minimum atomic E-state index is -4.64. The Balaban J connectivity index is 3.02. The van der Waals surface area contributed by atoms with Crippen LogP contribution in [0.15, 0.2) is 24.3 Å². The first-order chi connectivity index (χ1) is 8.85. The lowest BCUT2D eigenvalue weighted by atomic mass is 10.2. The Bertz CT molecular complexity index is 589. The molecule has 0 radical (unpaired) electrons. The number of carbonyl (C=O) groups is 1. The zero-order valence-electron chi connectivity index (χ0n) is 9.94. The van der Waals surface area contributed by atoms with E-state index in [0.717, 1.165) is 6.08 Å². The Morgan fingerprint density at radius 2 is 2.05 bits per heavy atom. The van der Waals surface area contributed by atoms with Crippen molar-refractivity contribution in [2.24, 2.45) is 0 Å². The number of ether oxygens (including phenoxy) is 1. The molecule has 1 rings (SSSR count). The smallest absolute Gasteiger partial charge is 0.446 e. The summed E-state index contributed by atoms with van der Waals surface area (Å²) >= 11 is 0. The highest BCUT2D eigenvalue weighted by atomic mass is 32.3. The molecule has 0 fully saturated rings. The molecule has 104 valence electrons. The minimum absolute atomic E-state index is 0.0659. The van der Waals surface area contributed by atoms with Crippen molar-refractivity contribution in [2.45, 2.75) is 0 Å². The number of hydrogen-bond donors (Lipinski definition) is 2. The fourth-order valence-corrected chi connectivity index (χ4v) is 1.58. The molecule has 0 saturated carbocycles. The van der Waals surface area contributed by atoms with Crippen LogP contribution in [-0.4, -0.2) is 37.6 Å². The van der Waals surface area contributed by atoms with E-state index in [1.807, 2.05) is 0 Å². The van der Waals surface area contributed by atoms with Gasteiger partial charge >= 0.3 is 10.4 Å². The molecule has 0 atom stereocenters. The van der Waals surface area contributed by atoms with Crippen LogP contribution in [-0.2, 0) is 15.2 Å². The van der Waals surface area contributed by atoms with E-state index >= 15 is 0 Å². The number of aliphatic hydroxyl groups excluding tert-OH is 1. The molecule has 0 aromatic heterocycles. The fraction of sp³-hybridized carbons (Fsp3) is 0.182. The number of carbonyl (C=O) groups excluding carboxylic acids is 1. The normalized spacial score (nSPS) is 11.5. The van der Waals surface area contributed by atoms with Crippen molar-refractivity contribution in [3.63, 3.8) is 0 Å². The van der Waals surface area contributed by atoms with Crippen molar-refractivity contribution in [1.82, 2.24) is 0 Å². The molecule has 2 N–H and O–H groups in total. The summed E-state index contributed by atoms with van der Waals surface area (Å²) in [5.41, 5.74) is 0.529. The van der Waals surface area contributed by atoms with Gasteiger partial charge in [0, 0.05) is 0 Å². The molecule has 1 aromatic carbocycles. The lowest BCUT2D eigenvalue weighted by Gasteiger charge is -2.08. The summed E-state index contributed by atoms with van der Waals surface area (Å²) in [5.74, 6) is -0.593. The highest BCUT2D eigenvalue weighted by Crippen LogP contribution is 2.29. The van der Waals surface area contributed by atoms with Gasteiger partial charge in [0.05, 0.1) is 7.11 Å². The number of rotatable bonds is 6. The second-order valence-corrected chi connectivity index (χ2v) is 4.40. The van der Waals surface area contributed by atoms with E-state index in [1.165, 1.54) is 31.4 Å². The van der Waals surface area contributed by atoms with Crippen LogP contribution >= 0.6 is 0 Å². The molecule has 0 bridgehead atoms. The van der Waals surface area contributed by atoms with Gasteiger partial charge in [-0.3, -0.25) is 9.35 Å². The van der Waals surface area contributed by atoms with Crippen LogP contribution in [0.25, 0.3) is 6.08 Å². The van der Waals surface area contributed by atoms with E-state index in [4.69, 9.17) is 14.4 Å². The second-order valence-electron chi connectivity index (χ2n) is 3.38. The van der Waals surface area contributed by atoms with Gasteiger partial charge in [0.25, 0.3) is 0 Å². The average molecular weight is 288 g/mol. The van der Waals surface area contributed by atoms with Crippen molar-refractivity contribution < 1.29 is 31.8 Å². The predicted octanol–water partition coefficient (Wildman–Crippen LogP) is 0.451. The largest absolute Gasteiger partial charge is 0.493 e. The first-order valence-electron chi connectivity index (χ1n) is 5.02. The van der Waals surface area contributed by atoms with Crippen molar-refractivity contribution in [3.05, 3.63) is 29.8 Å². The van der Waals surface area contributed by atoms with Gasteiger partial charge in [0.15, 0.2) is 17.3 Å². The van der Waals surface area contributed by atoms with Crippen molar-refractivity contribution in [3.8, 4) is 11.5 Å². The van der Waals surface area contributed by atoms with Gasteiger partial charge < -0.3 is 14.0 Å². The van der Waals surface area contributed by atoms with Gasteiger partial charge in [-0.15, -0.1) is 0 Å². The van der Waals surface area contributed by atoms with E-state index in [9.17, 15) is 13.2 Å². The number of hydrogen-bond acceptors (Lipinski definition) is 6. The Morgan fingerprint density at radius 1 is 1.37 bits per heavy atom. The standard InChI is InChI=1S/C11H12O7S/c1-17-11-6-8(2-4-9(13)7-12)3-5-10(11)18-19(14,15)16/h2-6,12H,7H2,1H3,(H,14,15,16)/b4-2+. The van der Waals surface area contributed by atoms with Crippen LogP contribution in [0.3, 0.4) is 0 Å². The third-order valence-corrected chi connectivity index (χ3v) is 2.39. The van der Waals surface area contributed by atoms with Crippen molar-refractivity contribution in [2.75, 3.05) is 13.7 Å². The Morgan fingerprint density at radius 3 is 2.58 bits per heavy atom. The van der Waals surface area contributed by atoms with E-state index in [1.54, 1.807) is 0 Å². The fourth-order valence-electron chi connectivity index (χ4n) is 1.21. The zero-order chi connectivity index (χ0) is 14.5. The summed E-state index contributed by atoms with van der Waals surface area (Å²) in [5, 5.41) is 8.55. The second kappa shape index (κ2) is 6.32. The van der Waals surface area contributed by atoms with Gasteiger partial charge in [-0.1, -0.05) is 12.1 Å². The van der Waals surface area contributed by atoms with Gasteiger partial charge in [0.1, 0.15) is 6.61 Å². The summed E-state index contributed by atoms with van der Waals surface area (Å²) in [6.07, 6.45) is 2.58. The van der Waals surface area contributed by atoms with Crippen LogP contribution in [0, 0.1) is 0 Å². The lowest BCUT2D eigenvalue weighted by molar-refractivity contribution is -0.117. The van der Waals surface area contributed by atoms with Crippen molar-refractivity contribution in [1.29, 1.82) is 0 Å². The maximum Gasteiger partial charge on any atom is 0.446 e. The summed E-state index contributed by atoms with van der Waals surface area (Å²) in [6.45, 7) is -0.600. The Kier molecular flexibility index (Phi) is 5.04. The molecular formula is C11H12O7S. The topological polar surface area (TPSA) is 110 Å². The van der Waals surface area contributed by atoms with Crippen LogP contribution < -0.4 is 8.92 Å². The molecule has 0 aliphatic heterocycles. The molecule has 8 heteroatoms. The zero-order valence-corrected chi connectivity index (χ0v) is 10.8. The van der Waals surface area contributed by atoms with E-state index in [2.05, 4.69) is 4.18 Å². The van der Waals surface area contributed by atoms with E-state index < -0.39 is 22.8 Å². The summed E-state index contributed by atoms with van der Waals surface area (Å²) in [7, 11) is -3.35. The van der Waals surface area contributed by atoms with Gasteiger partial charge in [-0.2, -0.15) is 8.42 Å². The Labute approximate surface area is 110 Å². The van der Waals surface area contributed by atoms with Gasteiger partial charge in [0.2, 0.25) is 0 Å². The maximum absolute atomic E-state index is 10.9. The molecule has 7 nitrogen and oxygen atoms in total. The highest BCUT2D eigenvalue weighted by molar-refractivity contribution is 7.81. The summed E-state index contributed by atoms with van der Waals surface area (Å²) in [4.78, 5) is 10.9. The average Bonchev–Trinajstić information content (AvgIpc) is 2.35. The molecule has 0 amide bonds. The minimum Gasteiger partial charge on any atom is -0.493 e. The van der Waals surface area contributed by atoms with E-state index in [-0.39, 0.29) is 11.5 Å². The maximum atomic E-state index is 10.9. The molecule has 19 heavy (non-hydrogen) atoms. The first-order valence-corrected chi connectivity index (χ1v) is 6.39. The SMILES string of the molecule is COc1cc(/C=C/C(=O)CO)ccc1OS(=O)(=O)O. The highest BCUT2D eigenvalue weighted by Gasteiger charge is 2.12. The number of methoxy groups -OCH3 is 1. The third kappa shape index (κ3) is 5.08. The molecular weight excluding hydrogens is 276 g/mol. The Hall–Kier alpha value is -1.90. The quantitative estimate of drug-likeness (QED) is 0.577. The monoisotopic (exact) mass is 288 g/mol. The van der Waals surface area contributed by atoms with Crippen LogP contribution in [0.2, 0.25) is 0 Å². The number of ketones is 1. The van der Waals surface area contributed by atoms with Crippen LogP contribution in [0.1, 0.15) is 5.56 Å². The lowest BCUT2D eigenvalue weighted by Crippen LogP contribution is -2.07. The van der Waals surface area contributed by atoms with E-state index in [0.29, 0.717) is 5.56 Å². The summed E-state index contributed by atoms with van der Waals surface area (Å²) in [6, 6.07) is 4.11. The first kappa shape index (κ1) is 15.2. The number of benzene rings is 1. The molecule has 1 aromatic rings. The van der Waals surface area contributed by atoms with Crippen LogP contribution in [0.5, 0.6) is 11.5 Å². The molecule has 0 aliphatic carbocycles. The molecule has 0 unspecified atom stereocenters. The molecule has 0 spiro atoms. The molecule has 0 aliphatic rings. The molecule has 0 saturated heterocycles. The van der Waals surface area contributed by atoms with Gasteiger partial charge in [-0.25, -0.2) is 0 Å². The van der Waals surface area contributed by atoms with Crippen molar-refractivity contribution >= 4 is 22.3 Å². The van der Waals surface area contributed by atoms with Crippen LogP contribution in [0.4, 0.5) is 0 Å². The van der Waals surface area contributed by atoms with Gasteiger partial charge in [-0.05, 0) is 23.8 Å². The number of aliphatic hydroxyl groups is 1.